The molecule has 0 aliphatic heterocycles. The molecule has 1 heterocycles. The largest absolute Gasteiger partial charge is 0.194 e. The average molecular weight is 142 g/mol. The van der Waals surface area contributed by atoms with Crippen LogP contribution in [-0.4, -0.2) is 4.98 Å². The molecule has 0 saturated carbocycles. The fourth-order valence-electron chi connectivity index (χ4n) is 1.20. The summed E-state index contributed by atoms with van der Waals surface area (Å²) in [4.78, 5) is 4.13. The second kappa shape index (κ2) is 2.30. The quantitative estimate of drug-likeness (QED) is 0.508. The molecule has 1 nitrogen and oxygen atoms in total. The lowest BCUT2D eigenvalue weighted by molar-refractivity contribution is 1.44. The van der Waals surface area contributed by atoms with Crippen molar-refractivity contribution in [2.75, 3.05) is 0 Å². The number of aromatic nitrogens is 1. The van der Waals surface area contributed by atoms with Gasteiger partial charge in [-0.3, -0.25) is 0 Å². The number of fused-ring (bicyclic) bond motifs is 1. The van der Waals surface area contributed by atoms with Crippen LogP contribution in [0.4, 0.5) is 0 Å². The highest BCUT2D eigenvalue weighted by atomic mass is 14.7. The van der Waals surface area contributed by atoms with E-state index in [1.54, 1.807) is 0 Å². The van der Waals surface area contributed by atoms with Gasteiger partial charge in [-0.1, -0.05) is 4.98 Å². The molecule has 1 aromatic carbocycles. The van der Waals surface area contributed by atoms with Gasteiger partial charge in [-0.15, -0.1) is 0 Å². The van der Waals surface area contributed by atoms with Crippen LogP contribution in [0.5, 0.6) is 0 Å². The second-order valence-corrected chi connectivity index (χ2v) is 2.44. The Bertz CT molecular complexity index is 417. The number of hydrogen-bond donors (Lipinski definition) is 0. The molecule has 0 radical (unpaired) electrons. The van der Waals surface area contributed by atoms with Gasteiger partial charge in [-0.25, -0.2) is 0 Å². The second-order valence-electron chi connectivity index (χ2n) is 2.44. The van der Waals surface area contributed by atoms with Crippen molar-refractivity contribution < 1.29 is 0 Å². The molecule has 11 heavy (non-hydrogen) atoms. The average Bonchev–Trinajstić information content (AvgIpc) is 2.47. The predicted octanol–water partition coefficient (Wildman–Crippen LogP) is 1.55. The number of rotatable bonds is 0. The Hall–Kier alpha value is -1.46. The summed E-state index contributed by atoms with van der Waals surface area (Å²) in [5.74, 6) is 0. The van der Waals surface area contributed by atoms with E-state index in [9.17, 15) is 0 Å². The monoisotopic (exact) mass is 142 g/mol. The molecule has 0 bridgehead atoms. The van der Waals surface area contributed by atoms with E-state index in [1.165, 1.54) is 5.39 Å². The third-order valence-corrected chi connectivity index (χ3v) is 1.78. The Morgan fingerprint density at radius 2 is 2.18 bits per heavy atom. The van der Waals surface area contributed by atoms with Gasteiger partial charge >= 0.3 is 0 Å². The Labute approximate surface area is 65.4 Å². The maximum absolute atomic E-state index is 4.13. The molecule has 2 rings (SSSR count). The Morgan fingerprint density at radius 3 is 3.00 bits per heavy atom. The summed E-state index contributed by atoms with van der Waals surface area (Å²) in [5.41, 5.74) is 1.03. The lowest BCUT2D eigenvalue weighted by Crippen LogP contribution is -1.92. The maximum Gasteiger partial charge on any atom is 0.194 e. The summed E-state index contributed by atoms with van der Waals surface area (Å²) >= 11 is 0. The van der Waals surface area contributed by atoms with Gasteiger partial charge in [0.2, 0.25) is 0 Å². The first-order valence-corrected chi connectivity index (χ1v) is 3.64. The third-order valence-electron chi connectivity index (χ3n) is 1.78. The van der Waals surface area contributed by atoms with E-state index >= 15 is 0 Å². The van der Waals surface area contributed by atoms with Crippen LogP contribution in [0.15, 0.2) is 24.3 Å². The zero-order valence-electron chi connectivity index (χ0n) is 6.33. The van der Waals surface area contributed by atoms with Crippen molar-refractivity contribution in [2.45, 2.75) is 6.92 Å². The summed E-state index contributed by atoms with van der Waals surface area (Å²) in [6.45, 7) is 2.00. The normalized spacial score (nSPS) is 12.3. The van der Waals surface area contributed by atoms with Crippen molar-refractivity contribution in [3.63, 3.8) is 0 Å². The van der Waals surface area contributed by atoms with Crippen LogP contribution < -0.4 is 5.22 Å². The summed E-state index contributed by atoms with van der Waals surface area (Å²) in [5, 5.41) is 2.29. The molecular weight excluding hydrogens is 134 g/mol. The molecule has 1 heteroatoms. The summed E-state index contributed by atoms with van der Waals surface area (Å²) < 4.78 is 0. The standard InChI is InChI=1S/C10H8N/c1-2-8-7-11-10-6-4-3-5-9(8)10/h2-6H,1H3/q+1/b8-2-. The predicted molar refractivity (Wildman–Crippen MR) is 45.9 cm³/mol. The van der Waals surface area contributed by atoms with Crippen LogP contribution in [-0.2, 0) is 0 Å². The van der Waals surface area contributed by atoms with Crippen molar-refractivity contribution in [2.24, 2.45) is 0 Å². The van der Waals surface area contributed by atoms with Crippen LogP contribution in [0.2, 0.25) is 0 Å². The number of nitrogens with zero attached hydrogens (tertiary/aromatic N) is 1. The van der Waals surface area contributed by atoms with Crippen LogP contribution >= 0.6 is 0 Å². The molecule has 0 atom stereocenters. The van der Waals surface area contributed by atoms with Crippen LogP contribution in [0.1, 0.15) is 6.92 Å². The zero-order valence-corrected chi connectivity index (χ0v) is 6.33. The van der Waals surface area contributed by atoms with Crippen molar-refractivity contribution in [3.05, 3.63) is 35.7 Å². The number of para-hydroxylation sites is 1. The van der Waals surface area contributed by atoms with Crippen molar-refractivity contribution in [1.82, 2.24) is 4.98 Å². The van der Waals surface area contributed by atoms with E-state index in [4.69, 9.17) is 0 Å². The van der Waals surface area contributed by atoms with Gasteiger partial charge in [0.15, 0.2) is 10.7 Å². The summed E-state index contributed by atoms with van der Waals surface area (Å²) in [6, 6.07) is 8.07. The smallest absolute Gasteiger partial charge is 0.0881 e. The Kier molecular flexibility index (Phi) is 1.31. The van der Waals surface area contributed by atoms with Gasteiger partial charge in [0.25, 0.3) is 0 Å². The molecule has 0 N–H and O–H groups in total. The van der Waals surface area contributed by atoms with Gasteiger partial charge in [-0.2, -0.15) is 0 Å². The molecule has 2 aromatic rings. The fourth-order valence-corrected chi connectivity index (χ4v) is 1.20. The summed E-state index contributed by atoms with van der Waals surface area (Å²) in [7, 11) is 0. The van der Waals surface area contributed by atoms with E-state index in [0.717, 1.165) is 10.7 Å². The van der Waals surface area contributed by atoms with Gasteiger partial charge in [0.05, 0.1) is 0 Å². The van der Waals surface area contributed by atoms with Gasteiger partial charge in [-0.05, 0) is 19.1 Å². The lowest BCUT2D eigenvalue weighted by atomic mass is 10.2. The third kappa shape index (κ3) is 0.866. The highest BCUT2D eigenvalue weighted by Gasteiger charge is 2.05. The molecule has 0 fully saturated rings. The lowest BCUT2D eigenvalue weighted by Gasteiger charge is -1.74. The summed E-state index contributed by atoms with van der Waals surface area (Å²) in [6.07, 6.45) is 4.98. The molecule has 0 unspecified atom stereocenters. The van der Waals surface area contributed by atoms with Gasteiger partial charge in [0.1, 0.15) is 11.6 Å². The molecule has 0 aliphatic carbocycles. The minimum Gasteiger partial charge on any atom is -0.0881 e. The Balaban J connectivity index is 2.98. The minimum atomic E-state index is 1.03. The first kappa shape index (κ1) is 6.26. The van der Waals surface area contributed by atoms with Crippen molar-refractivity contribution in [3.8, 4) is 0 Å². The molecule has 1 aromatic heterocycles. The van der Waals surface area contributed by atoms with E-state index in [0.29, 0.717) is 0 Å². The van der Waals surface area contributed by atoms with Crippen LogP contribution in [0, 0.1) is 6.20 Å². The first-order valence-electron chi connectivity index (χ1n) is 3.64. The van der Waals surface area contributed by atoms with E-state index < -0.39 is 0 Å². The Morgan fingerprint density at radius 1 is 1.36 bits per heavy atom. The SMILES string of the molecule is C/C=c1/[c+]nc2ccccc12. The molecular formula is C10H8N+. The zero-order chi connectivity index (χ0) is 7.68. The molecule has 0 aliphatic rings. The molecule has 0 saturated heterocycles. The highest BCUT2D eigenvalue weighted by Crippen LogP contribution is 2.04. The van der Waals surface area contributed by atoms with Gasteiger partial charge < -0.3 is 0 Å². The highest BCUT2D eigenvalue weighted by molar-refractivity contribution is 5.80. The van der Waals surface area contributed by atoms with E-state index in [1.807, 2.05) is 31.2 Å². The number of benzene rings is 1. The molecule has 0 spiro atoms. The number of hydrogen-bond acceptors (Lipinski definition) is 1. The molecule has 52 valence electrons. The van der Waals surface area contributed by atoms with Crippen molar-refractivity contribution in [1.29, 1.82) is 0 Å². The van der Waals surface area contributed by atoms with E-state index in [2.05, 4.69) is 17.2 Å². The fraction of sp³-hybridized carbons (Fsp3) is 0.100. The van der Waals surface area contributed by atoms with Gasteiger partial charge in [0, 0.05) is 18.2 Å². The molecule has 0 amide bonds. The van der Waals surface area contributed by atoms with Crippen LogP contribution in [0.25, 0.3) is 17.0 Å². The van der Waals surface area contributed by atoms with Crippen LogP contribution in [0.3, 0.4) is 0 Å². The minimum absolute atomic E-state index is 1.03. The first-order chi connectivity index (χ1) is 5.42. The topological polar surface area (TPSA) is 12.9 Å². The van der Waals surface area contributed by atoms with Crippen molar-refractivity contribution >= 4 is 17.0 Å². The van der Waals surface area contributed by atoms with E-state index in [-0.39, 0.29) is 0 Å². The maximum atomic E-state index is 4.13.